The Morgan fingerprint density at radius 3 is 2.06 bits per heavy atom. The van der Waals surface area contributed by atoms with Crippen LogP contribution in [0.4, 0.5) is 0 Å². The number of unbranched alkanes of at least 4 members (excludes halogenated alkanes) is 3. The summed E-state index contributed by atoms with van der Waals surface area (Å²) in [7, 11) is 0. The Morgan fingerprint density at radius 1 is 0.824 bits per heavy atom. The maximum Gasteiger partial charge on any atom is -0.00994 e. The number of allylic oxidation sites excluding steroid dienone is 4. The molecule has 1 rings (SSSR count). The molecule has 0 atom stereocenters. The van der Waals surface area contributed by atoms with Gasteiger partial charge in [-0.1, -0.05) is 57.3 Å². The molecule has 0 N–H and O–H groups in total. The van der Waals surface area contributed by atoms with Crippen LogP contribution < -0.4 is 0 Å². The average Bonchev–Trinajstić information content (AvgIpc) is 2.73. The maximum atomic E-state index is 2.54. The van der Waals surface area contributed by atoms with Gasteiger partial charge in [0.05, 0.1) is 0 Å². The molecular formula is C17H30. The maximum absolute atomic E-state index is 2.54. The summed E-state index contributed by atoms with van der Waals surface area (Å²) < 4.78 is 0. The second-order valence-electron chi connectivity index (χ2n) is 5.42. The van der Waals surface area contributed by atoms with Crippen molar-refractivity contribution in [3.05, 3.63) is 22.8 Å². The standard InChI is InChI=1S/C17H30/c1-4-7-10-15-13-16(11-8-5-2)17(14-15)12-9-6-3/h13H,4-12,14H2,1-3H3. The molecule has 0 unspecified atom stereocenters. The van der Waals surface area contributed by atoms with Crippen LogP contribution in [0.25, 0.3) is 0 Å². The largest absolute Gasteiger partial charge is 0.0659 e. The Balaban J connectivity index is 2.51. The zero-order valence-corrected chi connectivity index (χ0v) is 12.1. The summed E-state index contributed by atoms with van der Waals surface area (Å²) in [5, 5.41) is 0. The lowest BCUT2D eigenvalue weighted by molar-refractivity contribution is 0.736. The Bertz CT molecular complexity index is 268. The number of hydrogen-bond donors (Lipinski definition) is 0. The first kappa shape index (κ1) is 14.5. The molecule has 0 nitrogen and oxygen atoms in total. The summed E-state index contributed by atoms with van der Waals surface area (Å²) in [6, 6.07) is 0. The highest BCUT2D eigenvalue weighted by molar-refractivity contribution is 5.39. The van der Waals surface area contributed by atoms with Crippen LogP contribution in [0.5, 0.6) is 0 Å². The number of rotatable bonds is 9. The first-order valence-corrected chi connectivity index (χ1v) is 7.72. The van der Waals surface area contributed by atoms with Crippen LogP contribution >= 0.6 is 0 Å². The van der Waals surface area contributed by atoms with E-state index in [0.29, 0.717) is 0 Å². The van der Waals surface area contributed by atoms with Crippen molar-refractivity contribution in [2.75, 3.05) is 0 Å². The predicted octanol–water partition coefficient (Wildman–Crippen LogP) is 6.18. The van der Waals surface area contributed by atoms with Crippen LogP contribution in [-0.2, 0) is 0 Å². The second-order valence-corrected chi connectivity index (χ2v) is 5.42. The smallest absolute Gasteiger partial charge is 0.00994 e. The van der Waals surface area contributed by atoms with Gasteiger partial charge in [0.25, 0.3) is 0 Å². The van der Waals surface area contributed by atoms with Gasteiger partial charge in [0.15, 0.2) is 0 Å². The summed E-state index contributed by atoms with van der Waals surface area (Å²) in [6.07, 6.45) is 15.9. The molecule has 0 fully saturated rings. The molecule has 0 saturated carbocycles. The van der Waals surface area contributed by atoms with Crippen molar-refractivity contribution in [2.45, 2.75) is 85.0 Å². The predicted molar refractivity (Wildman–Crippen MR) is 78.3 cm³/mol. The van der Waals surface area contributed by atoms with Crippen LogP contribution in [-0.4, -0.2) is 0 Å². The van der Waals surface area contributed by atoms with Crippen molar-refractivity contribution in [2.24, 2.45) is 0 Å². The highest BCUT2D eigenvalue weighted by Crippen LogP contribution is 2.34. The fraction of sp³-hybridized carbons (Fsp3) is 0.765. The van der Waals surface area contributed by atoms with Crippen molar-refractivity contribution in [1.82, 2.24) is 0 Å². The van der Waals surface area contributed by atoms with Gasteiger partial charge in [-0.25, -0.2) is 0 Å². The Kier molecular flexibility index (Phi) is 7.32. The topological polar surface area (TPSA) is 0 Å². The molecule has 0 aromatic heterocycles. The van der Waals surface area contributed by atoms with E-state index in [2.05, 4.69) is 26.8 Å². The molecule has 0 spiro atoms. The molecule has 0 bridgehead atoms. The monoisotopic (exact) mass is 234 g/mol. The minimum atomic E-state index is 1.30. The zero-order valence-electron chi connectivity index (χ0n) is 12.1. The third-order valence-electron chi connectivity index (χ3n) is 3.76. The van der Waals surface area contributed by atoms with Gasteiger partial charge in [0.1, 0.15) is 0 Å². The van der Waals surface area contributed by atoms with Gasteiger partial charge in [0.2, 0.25) is 0 Å². The zero-order chi connectivity index (χ0) is 12.5. The van der Waals surface area contributed by atoms with E-state index in [0.717, 1.165) is 0 Å². The third kappa shape index (κ3) is 5.10. The first-order chi connectivity index (χ1) is 8.31. The third-order valence-corrected chi connectivity index (χ3v) is 3.76. The summed E-state index contributed by atoms with van der Waals surface area (Å²) in [5.74, 6) is 0. The van der Waals surface area contributed by atoms with Crippen molar-refractivity contribution < 1.29 is 0 Å². The second kappa shape index (κ2) is 8.55. The van der Waals surface area contributed by atoms with E-state index in [-0.39, 0.29) is 0 Å². The van der Waals surface area contributed by atoms with Gasteiger partial charge in [-0.2, -0.15) is 0 Å². The van der Waals surface area contributed by atoms with E-state index in [1.807, 2.05) is 0 Å². The minimum Gasteiger partial charge on any atom is -0.0659 e. The van der Waals surface area contributed by atoms with E-state index in [1.165, 1.54) is 64.2 Å². The number of hydrogen-bond acceptors (Lipinski definition) is 0. The molecule has 0 heterocycles. The van der Waals surface area contributed by atoms with Gasteiger partial charge in [0, 0.05) is 0 Å². The fourth-order valence-corrected chi connectivity index (χ4v) is 2.61. The van der Waals surface area contributed by atoms with Gasteiger partial charge < -0.3 is 0 Å². The van der Waals surface area contributed by atoms with Crippen LogP contribution in [0.3, 0.4) is 0 Å². The van der Waals surface area contributed by atoms with Crippen molar-refractivity contribution in [1.29, 1.82) is 0 Å². The van der Waals surface area contributed by atoms with E-state index < -0.39 is 0 Å². The lowest BCUT2D eigenvalue weighted by Gasteiger charge is -2.06. The molecule has 0 amide bonds. The molecule has 0 aromatic rings. The molecule has 0 aromatic carbocycles. The highest BCUT2D eigenvalue weighted by Gasteiger charge is 2.14. The van der Waals surface area contributed by atoms with E-state index in [4.69, 9.17) is 0 Å². The van der Waals surface area contributed by atoms with Crippen molar-refractivity contribution >= 4 is 0 Å². The molecule has 0 radical (unpaired) electrons. The normalized spacial score (nSPS) is 15.6. The molecule has 17 heavy (non-hydrogen) atoms. The molecule has 1 aliphatic carbocycles. The van der Waals surface area contributed by atoms with Crippen LogP contribution in [0.2, 0.25) is 0 Å². The lowest BCUT2D eigenvalue weighted by Crippen LogP contribution is -1.87. The highest BCUT2D eigenvalue weighted by atomic mass is 14.2. The Morgan fingerprint density at radius 2 is 1.41 bits per heavy atom. The van der Waals surface area contributed by atoms with Crippen molar-refractivity contribution in [3.63, 3.8) is 0 Å². The molecule has 98 valence electrons. The average molecular weight is 234 g/mol. The van der Waals surface area contributed by atoms with E-state index >= 15 is 0 Å². The molecule has 0 aliphatic heterocycles. The Labute approximate surface area is 108 Å². The van der Waals surface area contributed by atoms with Gasteiger partial charge in [-0.05, 0) is 50.5 Å². The summed E-state index contributed by atoms with van der Waals surface area (Å²) in [4.78, 5) is 0. The SMILES string of the molecule is CCCCC1=CC(CCCC)=C(CCCC)C1. The summed E-state index contributed by atoms with van der Waals surface area (Å²) in [5.41, 5.74) is 5.18. The summed E-state index contributed by atoms with van der Waals surface area (Å²) >= 11 is 0. The first-order valence-electron chi connectivity index (χ1n) is 7.72. The van der Waals surface area contributed by atoms with Gasteiger partial charge >= 0.3 is 0 Å². The summed E-state index contributed by atoms with van der Waals surface area (Å²) in [6.45, 7) is 6.88. The minimum absolute atomic E-state index is 1.30. The van der Waals surface area contributed by atoms with Gasteiger partial charge in [-0.15, -0.1) is 0 Å². The molecule has 0 heteroatoms. The fourth-order valence-electron chi connectivity index (χ4n) is 2.61. The van der Waals surface area contributed by atoms with Gasteiger partial charge in [-0.3, -0.25) is 0 Å². The molecule has 0 saturated heterocycles. The van der Waals surface area contributed by atoms with Crippen LogP contribution in [0.1, 0.15) is 85.0 Å². The van der Waals surface area contributed by atoms with E-state index in [9.17, 15) is 0 Å². The van der Waals surface area contributed by atoms with Crippen LogP contribution in [0, 0.1) is 0 Å². The molecule has 1 aliphatic rings. The lowest BCUT2D eigenvalue weighted by atomic mass is 9.99. The van der Waals surface area contributed by atoms with Crippen molar-refractivity contribution in [3.8, 4) is 0 Å². The van der Waals surface area contributed by atoms with Crippen LogP contribution in [0.15, 0.2) is 22.8 Å². The van der Waals surface area contributed by atoms with E-state index in [1.54, 1.807) is 16.7 Å². The quantitative estimate of drug-likeness (QED) is 0.446. The molecular weight excluding hydrogens is 204 g/mol. The Hall–Kier alpha value is -0.520.